The molecule has 1 aliphatic rings. The van der Waals surface area contributed by atoms with E-state index in [1.54, 1.807) is 11.8 Å². The fraction of sp³-hybridized carbons (Fsp3) is 0.200. The number of hydrogen-bond donors (Lipinski definition) is 1. The standard InChI is InChI=1S/C15H12ClFO2S/c16-11-6-5-9(17)7-10(11)15(18)13-8-20-14-4-2-1-3-12(14)19-13/h1-7,13,15,18H,8H2. The van der Waals surface area contributed by atoms with E-state index >= 15 is 0 Å². The lowest BCUT2D eigenvalue weighted by Gasteiger charge is -2.29. The Morgan fingerprint density at radius 2 is 2.10 bits per heavy atom. The Morgan fingerprint density at radius 3 is 2.95 bits per heavy atom. The minimum atomic E-state index is -0.959. The van der Waals surface area contributed by atoms with Crippen molar-refractivity contribution >= 4 is 23.4 Å². The summed E-state index contributed by atoms with van der Waals surface area (Å²) in [7, 11) is 0. The first-order chi connectivity index (χ1) is 9.65. The third-order valence-electron chi connectivity index (χ3n) is 3.16. The first kappa shape index (κ1) is 13.7. The van der Waals surface area contributed by atoms with Gasteiger partial charge in [0, 0.05) is 21.2 Å². The van der Waals surface area contributed by atoms with Gasteiger partial charge in [0.15, 0.2) is 0 Å². The van der Waals surface area contributed by atoms with Gasteiger partial charge in [0.2, 0.25) is 0 Å². The van der Waals surface area contributed by atoms with Crippen LogP contribution in [0, 0.1) is 5.82 Å². The van der Waals surface area contributed by atoms with Crippen LogP contribution < -0.4 is 4.74 Å². The van der Waals surface area contributed by atoms with Crippen LogP contribution in [-0.4, -0.2) is 17.0 Å². The molecule has 1 aliphatic heterocycles. The van der Waals surface area contributed by atoms with Gasteiger partial charge in [-0.3, -0.25) is 0 Å². The van der Waals surface area contributed by atoms with Crippen molar-refractivity contribution in [2.75, 3.05) is 5.75 Å². The average Bonchev–Trinajstić information content (AvgIpc) is 2.48. The molecule has 2 atom stereocenters. The molecule has 0 amide bonds. The van der Waals surface area contributed by atoms with E-state index in [2.05, 4.69) is 0 Å². The van der Waals surface area contributed by atoms with Gasteiger partial charge in [0.25, 0.3) is 0 Å². The minimum Gasteiger partial charge on any atom is -0.485 e. The van der Waals surface area contributed by atoms with E-state index in [4.69, 9.17) is 16.3 Å². The second kappa shape index (κ2) is 5.64. The highest BCUT2D eigenvalue weighted by Gasteiger charge is 2.29. The van der Waals surface area contributed by atoms with Crippen LogP contribution in [0.3, 0.4) is 0 Å². The SMILES string of the molecule is OC(c1cc(F)ccc1Cl)C1CSc2ccccc2O1. The molecule has 2 aromatic rings. The van der Waals surface area contributed by atoms with Crippen LogP contribution in [0.25, 0.3) is 0 Å². The van der Waals surface area contributed by atoms with E-state index in [1.165, 1.54) is 18.2 Å². The van der Waals surface area contributed by atoms with Gasteiger partial charge in [0.1, 0.15) is 23.8 Å². The zero-order valence-electron chi connectivity index (χ0n) is 10.4. The Labute approximate surface area is 125 Å². The van der Waals surface area contributed by atoms with Crippen LogP contribution in [0.5, 0.6) is 5.75 Å². The van der Waals surface area contributed by atoms with Crippen molar-refractivity contribution in [1.29, 1.82) is 0 Å². The van der Waals surface area contributed by atoms with Gasteiger partial charge in [-0.1, -0.05) is 23.7 Å². The van der Waals surface area contributed by atoms with Gasteiger partial charge in [-0.2, -0.15) is 0 Å². The van der Waals surface area contributed by atoms with Crippen molar-refractivity contribution in [3.63, 3.8) is 0 Å². The van der Waals surface area contributed by atoms with Gasteiger partial charge < -0.3 is 9.84 Å². The molecule has 3 rings (SSSR count). The van der Waals surface area contributed by atoms with Crippen LogP contribution >= 0.6 is 23.4 Å². The number of hydrogen-bond acceptors (Lipinski definition) is 3. The lowest BCUT2D eigenvalue weighted by Crippen LogP contribution is -2.30. The topological polar surface area (TPSA) is 29.5 Å². The predicted molar refractivity (Wildman–Crippen MR) is 78.0 cm³/mol. The molecule has 0 aromatic heterocycles. The zero-order valence-corrected chi connectivity index (χ0v) is 12.0. The monoisotopic (exact) mass is 310 g/mol. The lowest BCUT2D eigenvalue weighted by molar-refractivity contribution is 0.0456. The van der Waals surface area contributed by atoms with Crippen LogP contribution in [-0.2, 0) is 0 Å². The molecule has 0 fully saturated rings. The summed E-state index contributed by atoms with van der Waals surface area (Å²) in [6, 6.07) is 11.6. The highest BCUT2D eigenvalue weighted by molar-refractivity contribution is 7.99. The number of aliphatic hydroxyl groups is 1. The van der Waals surface area contributed by atoms with Gasteiger partial charge >= 0.3 is 0 Å². The summed E-state index contributed by atoms with van der Waals surface area (Å²) in [5.41, 5.74) is 0.358. The summed E-state index contributed by atoms with van der Waals surface area (Å²) < 4.78 is 19.1. The van der Waals surface area contributed by atoms with E-state index in [-0.39, 0.29) is 0 Å². The Balaban J connectivity index is 1.85. The molecule has 2 nitrogen and oxygen atoms in total. The maximum Gasteiger partial charge on any atom is 0.138 e. The molecule has 20 heavy (non-hydrogen) atoms. The maximum absolute atomic E-state index is 13.3. The number of fused-ring (bicyclic) bond motifs is 1. The fourth-order valence-electron chi connectivity index (χ4n) is 2.13. The second-order valence-electron chi connectivity index (χ2n) is 4.52. The number of ether oxygens (including phenoxy) is 1. The zero-order chi connectivity index (χ0) is 14.1. The van der Waals surface area contributed by atoms with Crippen molar-refractivity contribution in [3.8, 4) is 5.75 Å². The van der Waals surface area contributed by atoms with Crippen molar-refractivity contribution in [2.45, 2.75) is 17.1 Å². The molecular weight excluding hydrogens is 299 g/mol. The van der Waals surface area contributed by atoms with Crippen molar-refractivity contribution in [2.24, 2.45) is 0 Å². The Bertz CT molecular complexity index is 635. The van der Waals surface area contributed by atoms with Crippen molar-refractivity contribution in [1.82, 2.24) is 0 Å². The molecule has 2 unspecified atom stereocenters. The molecule has 0 aliphatic carbocycles. The van der Waals surface area contributed by atoms with E-state index in [9.17, 15) is 9.50 Å². The summed E-state index contributed by atoms with van der Waals surface area (Å²) in [6.07, 6.45) is -1.41. The summed E-state index contributed by atoms with van der Waals surface area (Å²) in [4.78, 5) is 1.04. The minimum absolute atomic E-state index is 0.339. The Morgan fingerprint density at radius 1 is 1.30 bits per heavy atom. The van der Waals surface area contributed by atoms with Crippen molar-refractivity contribution < 1.29 is 14.2 Å². The molecule has 5 heteroatoms. The average molecular weight is 311 g/mol. The smallest absolute Gasteiger partial charge is 0.138 e. The first-order valence-electron chi connectivity index (χ1n) is 6.16. The van der Waals surface area contributed by atoms with Crippen LogP contribution in [0.4, 0.5) is 4.39 Å². The maximum atomic E-state index is 13.3. The molecule has 0 saturated carbocycles. The van der Waals surface area contributed by atoms with Gasteiger partial charge in [-0.25, -0.2) is 4.39 Å². The van der Waals surface area contributed by atoms with E-state index in [1.807, 2.05) is 24.3 Å². The second-order valence-corrected chi connectivity index (χ2v) is 5.99. The summed E-state index contributed by atoms with van der Waals surface area (Å²) >= 11 is 7.63. The lowest BCUT2D eigenvalue weighted by atomic mass is 10.0. The third kappa shape index (κ3) is 2.64. The molecule has 104 valence electrons. The predicted octanol–water partition coefficient (Wildman–Crippen LogP) is 4.07. The first-order valence-corrected chi connectivity index (χ1v) is 7.53. The molecule has 1 N–H and O–H groups in total. The van der Waals surface area contributed by atoms with E-state index < -0.39 is 18.0 Å². The van der Waals surface area contributed by atoms with Gasteiger partial charge in [-0.15, -0.1) is 11.8 Å². The number of para-hydroxylation sites is 1. The largest absolute Gasteiger partial charge is 0.485 e. The third-order valence-corrected chi connectivity index (χ3v) is 4.65. The molecule has 0 spiro atoms. The van der Waals surface area contributed by atoms with Gasteiger partial charge in [-0.05, 0) is 30.3 Å². The van der Waals surface area contributed by atoms with Crippen LogP contribution in [0.1, 0.15) is 11.7 Å². The van der Waals surface area contributed by atoms with Crippen LogP contribution in [0.2, 0.25) is 5.02 Å². The molecular formula is C15H12ClFO2S. The number of halogens is 2. The highest BCUT2D eigenvalue weighted by Crippen LogP contribution is 2.39. The molecule has 0 saturated heterocycles. The quantitative estimate of drug-likeness (QED) is 0.907. The fourth-order valence-corrected chi connectivity index (χ4v) is 3.39. The summed E-state index contributed by atoms with van der Waals surface area (Å²) in [5.74, 6) is 0.901. The van der Waals surface area contributed by atoms with Crippen molar-refractivity contribution in [3.05, 3.63) is 58.9 Å². The van der Waals surface area contributed by atoms with Gasteiger partial charge in [0.05, 0.1) is 0 Å². The number of rotatable bonds is 2. The number of aliphatic hydroxyl groups excluding tert-OH is 1. The normalized spacial score (nSPS) is 19.1. The molecule has 2 aromatic carbocycles. The summed E-state index contributed by atoms with van der Waals surface area (Å²) in [6.45, 7) is 0. The van der Waals surface area contributed by atoms with Crippen LogP contribution in [0.15, 0.2) is 47.4 Å². The Hall–Kier alpha value is -1.23. The molecule has 0 bridgehead atoms. The van der Waals surface area contributed by atoms with E-state index in [0.717, 1.165) is 10.6 Å². The number of benzene rings is 2. The Kier molecular flexibility index (Phi) is 3.87. The number of thioether (sulfide) groups is 1. The summed E-state index contributed by atoms with van der Waals surface area (Å²) in [5, 5.41) is 10.7. The van der Waals surface area contributed by atoms with E-state index in [0.29, 0.717) is 16.3 Å². The highest BCUT2D eigenvalue weighted by atomic mass is 35.5. The molecule has 0 radical (unpaired) electrons. The molecule has 1 heterocycles.